The van der Waals surface area contributed by atoms with Gasteiger partial charge in [0.15, 0.2) is 11.6 Å². The number of benzene rings is 3. The van der Waals surface area contributed by atoms with Gasteiger partial charge in [-0.1, -0.05) is 48.0 Å². The molecule has 28 heavy (non-hydrogen) atoms. The van der Waals surface area contributed by atoms with E-state index in [4.69, 9.17) is 0 Å². The van der Waals surface area contributed by atoms with Gasteiger partial charge >= 0.3 is 0 Å². The fourth-order valence-electron chi connectivity index (χ4n) is 3.13. The van der Waals surface area contributed by atoms with Crippen LogP contribution in [-0.2, 0) is 6.42 Å². The summed E-state index contributed by atoms with van der Waals surface area (Å²) < 4.78 is 27.6. The topological polar surface area (TPSA) is 29.1 Å². The zero-order valence-electron chi connectivity index (χ0n) is 15.1. The van der Waals surface area contributed by atoms with Crippen molar-refractivity contribution in [3.05, 3.63) is 99.9 Å². The van der Waals surface area contributed by atoms with Crippen molar-refractivity contribution < 1.29 is 13.6 Å². The summed E-state index contributed by atoms with van der Waals surface area (Å²) >= 11 is 1.40. The molecule has 0 spiro atoms. The van der Waals surface area contributed by atoms with E-state index in [0.717, 1.165) is 33.3 Å². The highest BCUT2D eigenvalue weighted by atomic mass is 32.1. The van der Waals surface area contributed by atoms with Gasteiger partial charge in [0.25, 0.3) is 5.91 Å². The summed E-state index contributed by atoms with van der Waals surface area (Å²) in [5.41, 5.74) is 3.44. The molecule has 1 heterocycles. The maximum Gasteiger partial charge on any atom is 0.266 e. The summed E-state index contributed by atoms with van der Waals surface area (Å²) in [6, 6.07) is 19.4. The van der Waals surface area contributed by atoms with Gasteiger partial charge in [0.1, 0.15) is 0 Å². The Morgan fingerprint density at radius 2 is 1.71 bits per heavy atom. The molecule has 1 N–H and O–H groups in total. The molecular formula is C23H17F2NOS. The van der Waals surface area contributed by atoms with Crippen molar-refractivity contribution in [3.63, 3.8) is 0 Å². The SMILES string of the molecule is Cc1ccc(Cc2c(C(=O)Nc3ccc(F)c(F)c3)sc3ccccc23)cc1. The molecular weight excluding hydrogens is 376 g/mol. The molecule has 4 rings (SSSR count). The predicted octanol–water partition coefficient (Wildman–Crippen LogP) is 6.33. The number of hydrogen-bond donors (Lipinski definition) is 1. The van der Waals surface area contributed by atoms with E-state index in [1.54, 1.807) is 0 Å². The maximum absolute atomic E-state index is 13.5. The Hall–Kier alpha value is -3.05. The first-order valence-corrected chi connectivity index (χ1v) is 9.65. The van der Waals surface area contributed by atoms with Crippen molar-refractivity contribution in [2.24, 2.45) is 0 Å². The maximum atomic E-state index is 13.5. The molecule has 0 unspecified atom stereocenters. The second-order valence-electron chi connectivity index (χ2n) is 6.65. The lowest BCUT2D eigenvalue weighted by Crippen LogP contribution is -2.12. The van der Waals surface area contributed by atoms with E-state index in [2.05, 4.69) is 17.4 Å². The monoisotopic (exact) mass is 393 g/mol. The Morgan fingerprint density at radius 1 is 0.964 bits per heavy atom. The van der Waals surface area contributed by atoms with Crippen LogP contribution in [0, 0.1) is 18.6 Å². The molecule has 140 valence electrons. The summed E-state index contributed by atoms with van der Waals surface area (Å²) in [5, 5.41) is 3.72. The van der Waals surface area contributed by atoms with Gasteiger partial charge in [0.05, 0.1) is 4.88 Å². The van der Waals surface area contributed by atoms with Gasteiger partial charge in [-0.25, -0.2) is 8.78 Å². The third kappa shape index (κ3) is 3.66. The van der Waals surface area contributed by atoms with E-state index >= 15 is 0 Å². The molecule has 0 radical (unpaired) electrons. The van der Waals surface area contributed by atoms with E-state index in [1.165, 1.54) is 23.0 Å². The van der Waals surface area contributed by atoms with E-state index in [-0.39, 0.29) is 11.6 Å². The van der Waals surface area contributed by atoms with E-state index in [0.29, 0.717) is 11.3 Å². The number of fused-ring (bicyclic) bond motifs is 1. The largest absolute Gasteiger partial charge is 0.321 e. The molecule has 0 bridgehead atoms. The summed E-state index contributed by atoms with van der Waals surface area (Å²) in [6.45, 7) is 2.03. The van der Waals surface area contributed by atoms with Crippen LogP contribution in [0.25, 0.3) is 10.1 Å². The number of carbonyl (C=O) groups excluding carboxylic acids is 1. The van der Waals surface area contributed by atoms with Crippen LogP contribution in [0.15, 0.2) is 66.7 Å². The zero-order chi connectivity index (χ0) is 19.7. The summed E-state index contributed by atoms with van der Waals surface area (Å²) in [7, 11) is 0. The molecule has 5 heteroatoms. The first-order chi connectivity index (χ1) is 13.5. The quantitative estimate of drug-likeness (QED) is 0.431. The molecule has 0 aliphatic rings. The Labute approximate surface area is 165 Å². The first-order valence-electron chi connectivity index (χ1n) is 8.83. The van der Waals surface area contributed by atoms with E-state index < -0.39 is 11.6 Å². The van der Waals surface area contributed by atoms with Gasteiger partial charge in [0.2, 0.25) is 0 Å². The van der Waals surface area contributed by atoms with Crippen LogP contribution in [0.3, 0.4) is 0 Å². The van der Waals surface area contributed by atoms with Crippen molar-refractivity contribution in [1.29, 1.82) is 0 Å². The average Bonchev–Trinajstić information content (AvgIpc) is 3.05. The lowest BCUT2D eigenvalue weighted by Gasteiger charge is -2.08. The molecule has 1 aromatic heterocycles. The first kappa shape index (κ1) is 18.3. The smallest absolute Gasteiger partial charge is 0.266 e. The molecule has 1 amide bonds. The van der Waals surface area contributed by atoms with E-state index in [1.807, 2.05) is 43.3 Å². The van der Waals surface area contributed by atoms with Crippen LogP contribution in [-0.4, -0.2) is 5.91 Å². The number of carbonyl (C=O) groups is 1. The highest BCUT2D eigenvalue weighted by Crippen LogP contribution is 2.33. The minimum atomic E-state index is -0.992. The fourth-order valence-corrected chi connectivity index (χ4v) is 4.25. The van der Waals surface area contributed by atoms with Gasteiger partial charge in [-0.3, -0.25) is 4.79 Å². The van der Waals surface area contributed by atoms with Gasteiger partial charge < -0.3 is 5.32 Å². The lowest BCUT2D eigenvalue weighted by molar-refractivity contribution is 0.103. The van der Waals surface area contributed by atoms with Gasteiger partial charge in [-0.05, 0) is 48.1 Å². The van der Waals surface area contributed by atoms with Crippen molar-refractivity contribution in [2.45, 2.75) is 13.3 Å². The molecule has 4 aromatic rings. The second kappa shape index (κ2) is 7.52. The third-order valence-electron chi connectivity index (χ3n) is 4.58. The molecule has 0 aliphatic carbocycles. The number of thiophene rings is 1. The molecule has 0 atom stereocenters. The molecule has 2 nitrogen and oxygen atoms in total. The standard InChI is InChI=1S/C23H17F2NOS/c1-14-6-8-15(9-7-14)12-18-17-4-2-3-5-21(17)28-22(18)23(27)26-16-10-11-19(24)20(25)13-16/h2-11,13H,12H2,1H3,(H,26,27). The van der Waals surface area contributed by atoms with Gasteiger partial charge in [-0.2, -0.15) is 0 Å². The van der Waals surface area contributed by atoms with Crippen molar-refractivity contribution in [2.75, 3.05) is 5.32 Å². The number of aryl methyl sites for hydroxylation is 1. The van der Waals surface area contributed by atoms with Crippen LogP contribution in [0.2, 0.25) is 0 Å². The van der Waals surface area contributed by atoms with Crippen molar-refractivity contribution in [1.82, 2.24) is 0 Å². The molecule has 0 saturated heterocycles. The van der Waals surface area contributed by atoms with Crippen LogP contribution >= 0.6 is 11.3 Å². The van der Waals surface area contributed by atoms with Crippen molar-refractivity contribution in [3.8, 4) is 0 Å². The number of halogens is 2. The summed E-state index contributed by atoms with van der Waals surface area (Å²) in [4.78, 5) is 13.5. The number of hydrogen-bond acceptors (Lipinski definition) is 2. The van der Waals surface area contributed by atoms with Crippen molar-refractivity contribution >= 4 is 33.0 Å². The molecule has 0 saturated carbocycles. The highest BCUT2D eigenvalue weighted by Gasteiger charge is 2.19. The molecule has 0 fully saturated rings. The Bertz CT molecular complexity index is 1170. The highest BCUT2D eigenvalue weighted by molar-refractivity contribution is 7.21. The minimum absolute atomic E-state index is 0.225. The minimum Gasteiger partial charge on any atom is -0.321 e. The van der Waals surface area contributed by atoms with Gasteiger partial charge in [-0.15, -0.1) is 11.3 Å². The summed E-state index contributed by atoms with van der Waals surface area (Å²) in [6.07, 6.45) is 0.616. The third-order valence-corrected chi connectivity index (χ3v) is 5.80. The molecule has 0 aliphatic heterocycles. The summed E-state index contributed by atoms with van der Waals surface area (Å²) in [5.74, 6) is -2.26. The fraction of sp³-hybridized carbons (Fsp3) is 0.0870. The van der Waals surface area contributed by atoms with Crippen LogP contribution < -0.4 is 5.32 Å². The number of rotatable bonds is 4. The number of nitrogens with one attached hydrogen (secondary N) is 1. The Morgan fingerprint density at radius 3 is 2.46 bits per heavy atom. The van der Waals surface area contributed by atoms with Crippen LogP contribution in [0.4, 0.5) is 14.5 Å². The number of amides is 1. The lowest BCUT2D eigenvalue weighted by atomic mass is 10.0. The normalized spacial score (nSPS) is 11.0. The van der Waals surface area contributed by atoms with Crippen LogP contribution in [0.5, 0.6) is 0 Å². The Balaban J connectivity index is 1.71. The Kier molecular flexibility index (Phi) is 4.92. The second-order valence-corrected chi connectivity index (χ2v) is 7.70. The van der Waals surface area contributed by atoms with E-state index in [9.17, 15) is 13.6 Å². The van der Waals surface area contributed by atoms with Crippen LogP contribution in [0.1, 0.15) is 26.4 Å². The molecule has 3 aromatic carbocycles. The number of anilines is 1. The van der Waals surface area contributed by atoms with Gasteiger partial charge in [0, 0.05) is 16.5 Å². The average molecular weight is 393 g/mol. The zero-order valence-corrected chi connectivity index (χ0v) is 15.9. The predicted molar refractivity (Wildman–Crippen MR) is 110 cm³/mol.